The Morgan fingerprint density at radius 3 is 2.59 bits per heavy atom. The summed E-state index contributed by atoms with van der Waals surface area (Å²) in [5.74, 6) is -0.387. The van der Waals surface area contributed by atoms with Gasteiger partial charge in [-0.25, -0.2) is 9.69 Å². The van der Waals surface area contributed by atoms with Gasteiger partial charge in [-0.15, -0.1) is 6.58 Å². The lowest BCUT2D eigenvalue weighted by atomic mass is 10.2. The van der Waals surface area contributed by atoms with Gasteiger partial charge in [0.05, 0.1) is 6.54 Å². The zero-order valence-corrected chi connectivity index (χ0v) is 9.13. The zero-order valence-electron chi connectivity index (χ0n) is 9.13. The van der Waals surface area contributed by atoms with E-state index in [-0.39, 0.29) is 12.3 Å². The molecule has 0 atom stereocenters. The maximum absolute atomic E-state index is 11.8. The second-order valence-electron chi connectivity index (χ2n) is 3.49. The van der Waals surface area contributed by atoms with Gasteiger partial charge in [0.15, 0.2) is 5.76 Å². The number of amides is 2. The average molecular weight is 229 g/mol. The first-order valence-electron chi connectivity index (χ1n) is 5.13. The molecular weight excluding hydrogens is 218 g/mol. The summed E-state index contributed by atoms with van der Waals surface area (Å²) in [4.78, 5) is 24.1. The van der Waals surface area contributed by atoms with Gasteiger partial charge in [-0.1, -0.05) is 36.4 Å². The van der Waals surface area contributed by atoms with Crippen molar-refractivity contribution in [1.29, 1.82) is 0 Å². The number of carbonyl (C=O) groups is 2. The van der Waals surface area contributed by atoms with E-state index in [0.717, 1.165) is 10.5 Å². The van der Waals surface area contributed by atoms with E-state index in [4.69, 9.17) is 4.74 Å². The molecule has 0 spiro atoms. The van der Waals surface area contributed by atoms with E-state index in [0.29, 0.717) is 0 Å². The van der Waals surface area contributed by atoms with Crippen LogP contribution in [0.15, 0.2) is 48.7 Å². The van der Waals surface area contributed by atoms with Crippen LogP contribution in [0.5, 0.6) is 0 Å². The molecule has 0 unspecified atom stereocenters. The number of carbonyl (C=O) groups excluding carboxylic acids is 2. The topological polar surface area (TPSA) is 46.6 Å². The molecule has 0 aliphatic carbocycles. The Kier molecular flexibility index (Phi) is 3.05. The third kappa shape index (κ3) is 2.25. The van der Waals surface area contributed by atoms with Crippen molar-refractivity contribution in [2.75, 3.05) is 6.54 Å². The Hall–Kier alpha value is -2.36. The zero-order chi connectivity index (χ0) is 12.3. The first-order valence-corrected chi connectivity index (χ1v) is 5.13. The molecule has 1 aliphatic rings. The summed E-state index contributed by atoms with van der Waals surface area (Å²) < 4.78 is 4.89. The summed E-state index contributed by atoms with van der Waals surface area (Å²) >= 11 is 0. The van der Waals surface area contributed by atoms with Crippen LogP contribution < -0.4 is 0 Å². The molecule has 2 rings (SSSR count). The molecule has 4 nitrogen and oxygen atoms in total. The molecule has 1 aromatic carbocycles. The second-order valence-corrected chi connectivity index (χ2v) is 3.49. The van der Waals surface area contributed by atoms with Crippen LogP contribution in [-0.2, 0) is 9.53 Å². The van der Waals surface area contributed by atoms with Gasteiger partial charge in [0.1, 0.15) is 0 Å². The lowest BCUT2D eigenvalue weighted by Gasteiger charge is -2.04. The van der Waals surface area contributed by atoms with Crippen molar-refractivity contribution in [2.24, 2.45) is 0 Å². The highest BCUT2D eigenvalue weighted by Gasteiger charge is 2.35. The summed E-state index contributed by atoms with van der Waals surface area (Å²) in [6.45, 7) is 3.64. The lowest BCUT2D eigenvalue weighted by Crippen LogP contribution is -2.28. The normalized spacial score (nSPS) is 17.4. The molecule has 0 aromatic heterocycles. The van der Waals surface area contributed by atoms with Crippen LogP contribution in [-0.4, -0.2) is 23.4 Å². The average Bonchev–Trinajstić information content (AvgIpc) is 2.59. The number of rotatable bonds is 3. The minimum Gasteiger partial charge on any atom is -0.404 e. The molecule has 1 saturated heterocycles. The number of hydrogen-bond acceptors (Lipinski definition) is 3. The molecule has 2 amide bonds. The highest BCUT2D eigenvalue weighted by molar-refractivity contribution is 6.10. The van der Waals surface area contributed by atoms with Crippen molar-refractivity contribution in [2.45, 2.75) is 0 Å². The Morgan fingerprint density at radius 2 is 1.94 bits per heavy atom. The molecular formula is C13H11NO3. The van der Waals surface area contributed by atoms with E-state index in [1.807, 2.05) is 30.3 Å². The molecule has 17 heavy (non-hydrogen) atoms. The summed E-state index contributed by atoms with van der Waals surface area (Å²) in [6.07, 6.45) is 2.37. The summed E-state index contributed by atoms with van der Waals surface area (Å²) in [6, 6.07) is 9.20. The summed E-state index contributed by atoms with van der Waals surface area (Å²) in [5, 5.41) is 0. The standard InChI is InChI=1S/C13H11NO3/c1-2-8-14-12(15)11(17-13(14)16)9-10-6-4-3-5-7-10/h2-7,9H,1,8H2/b11-9+. The van der Waals surface area contributed by atoms with Gasteiger partial charge in [0, 0.05) is 0 Å². The van der Waals surface area contributed by atoms with Crippen LogP contribution in [0.25, 0.3) is 6.08 Å². The Balaban J connectivity index is 2.25. The second kappa shape index (κ2) is 4.65. The van der Waals surface area contributed by atoms with Gasteiger partial charge in [-0.05, 0) is 11.6 Å². The van der Waals surface area contributed by atoms with Crippen molar-refractivity contribution in [1.82, 2.24) is 4.90 Å². The van der Waals surface area contributed by atoms with Crippen LogP contribution in [0.3, 0.4) is 0 Å². The quantitative estimate of drug-likeness (QED) is 0.589. The monoisotopic (exact) mass is 229 g/mol. The molecule has 1 aromatic rings. The number of hydrogen-bond donors (Lipinski definition) is 0. The summed E-state index contributed by atoms with van der Waals surface area (Å²) in [5.41, 5.74) is 0.809. The van der Waals surface area contributed by atoms with Gasteiger partial charge < -0.3 is 4.74 Å². The van der Waals surface area contributed by atoms with Crippen molar-refractivity contribution in [3.8, 4) is 0 Å². The fourth-order valence-corrected chi connectivity index (χ4v) is 1.49. The fourth-order valence-electron chi connectivity index (χ4n) is 1.49. The molecule has 0 saturated carbocycles. The number of nitrogens with zero attached hydrogens (tertiary/aromatic N) is 1. The highest BCUT2D eigenvalue weighted by atomic mass is 16.6. The molecule has 1 heterocycles. The lowest BCUT2D eigenvalue weighted by molar-refractivity contribution is -0.122. The predicted octanol–water partition coefficient (Wildman–Crippen LogP) is 2.19. The van der Waals surface area contributed by atoms with Crippen molar-refractivity contribution < 1.29 is 14.3 Å². The van der Waals surface area contributed by atoms with Crippen molar-refractivity contribution in [3.63, 3.8) is 0 Å². The number of cyclic esters (lactones) is 1. The van der Waals surface area contributed by atoms with Crippen LogP contribution in [0.2, 0.25) is 0 Å². The first kappa shape index (κ1) is 11.1. The Morgan fingerprint density at radius 1 is 1.24 bits per heavy atom. The van der Waals surface area contributed by atoms with Crippen LogP contribution in [0.4, 0.5) is 4.79 Å². The number of ether oxygens (including phenoxy) is 1. The summed E-state index contributed by atoms with van der Waals surface area (Å²) in [7, 11) is 0. The van der Waals surface area contributed by atoms with E-state index >= 15 is 0 Å². The van der Waals surface area contributed by atoms with Crippen molar-refractivity contribution in [3.05, 3.63) is 54.3 Å². The van der Waals surface area contributed by atoms with Gasteiger partial charge in [0.2, 0.25) is 0 Å². The number of imide groups is 1. The van der Waals surface area contributed by atoms with Gasteiger partial charge in [0.25, 0.3) is 5.91 Å². The number of benzene rings is 1. The highest BCUT2D eigenvalue weighted by Crippen LogP contribution is 2.19. The molecule has 0 bridgehead atoms. The van der Waals surface area contributed by atoms with Crippen molar-refractivity contribution >= 4 is 18.1 Å². The van der Waals surface area contributed by atoms with E-state index in [1.165, 1.54) is 6.08 Å². The van der Waals surface area contributed by atoms with Crippen LogP contribution in [0.1, 0.15) is 5.56 Å². The molecule has 0 N–H and O–H groups in total. The third-order valence-corrected chi connectivity index (χ3v) is 2.28. The largest absolute Gasteiger partial charge is 0.422 e. The molecule has 0 radical (unpaired) electrons. The smallest absolute Gasteiger partial charge is 0.404 e. The van der Waals surface area contributed by atoms with E-state index in [1.54, 1.807) is 6.08 Å². The van der Waals surface area contributed by atoms with Gasteiger partial charge in [-0.3, -0.25) is 4.79 Å². The molecule has 1 fully saturated rings. The third-order valence-electron chi connectivity index (χ3n) is 2.28. The predicted molar refractivity (Wildman–Crippen MR) is 62.8 cm³/mol. The van der Waals surface area contributed by atoms with Crippen LogP contribution in [0, 0.1) is 0 Å². The minimum atomic E-state index is -0.655. The molecule has 1 aliphatic heterocycles. The maximum atomic E-state index is 11.8. The minimum absolute atomic E-state index is 0.0445. The van der Waals surface area contributed by atoms with E-state index < -0.39 is 12.0 Å². The SMILES string of the molecule is C=CCN1C(=O)O/C(=C/c2ccccc2)C1=O. The Labute approximate surface area is 98.8 Å². The van der Waals surface area contributed by atoms with Gasteiger partial charge >= 0.3 is 6.09 Å². The Bertz CT molecular complexity index is 491. The first-order chi connectivity index (χ1) is 8.22. The fraction of sp³-hybridized carbons (Fsp3) is 0.0769. The maximum Gasteiger partial charge on any atom is 0.422 e. The molecule has 86 valence electrons. The van der Waals surface area contributed by atoms with E-state index in [2.05, 4.69) is 6.58 Å². The van der Waals surface area contributed by atoms with Crippen LogP contribution >= 0.6 is 0 Å². The molecule has 4 heteroatoms. The van der Waals surface area contributed by atoms with Gasteiger partial charge in [-0.2, -0.15) is 0 Å². The van der Waals surface area contributed by atoms with E-state index in [9.17, 15) is 9.59 Å².